The van der Waals surface area contributed by atoms with Crippen LogP contribution in [0.4, 0.5) is 0 Å². The zero-order chi connectivity index (χ0) is 13.3. The molecule has 0 aromatic rings. The van der Waals surface area contributed by atoms with E-state index in [-0.39, 0.29) is 17.2 Å². The van der Waals surface area contributed by atoms with Gasteiger partial charge in [-0.05, 0) is 44.6 Å². The lowest BCUT2D eigenvalue weighted by molar-refractivity contribution is -0.178. The van der Waals surface area contributed by atoms with Gasteiger partial charge < -0.3 is 5.11 Å². The number of hydrogen-bond donors (Lipinski definition) is 1. The maximum Gasteiger partial charge on any atom is 0.163 e. The molecule has 0 radical (unpaired) electrons. The van der Waals surface area contributed by atoms with Gasteiger partial charge in [0.1, 0.15) is 0 Å². The minimum Gasteiger partial charge on any atom is -0.389 e. The van der Waals surface area contributed by atoms with Gasteiger partial charge in [0.2, 0.25) is 0 Å². The number of piperidine rings is 1. The molecular weight excluding hydrogens is 238 g/mol. The van der Waals surface area contributed by atoms with Gasteiger partial charge in [-0.3, -0.25) is 9.69 Å². The summed E-state index contributed by atoms with van der Waals surface area (Å²) >= 11 is 0. The summed E-state index contributed by atoms with van der Waals surface area (Å²) in [5, 5.41) is 11.1. The van der Waals surface area contributed by atoms with Crippen LogP contribution in [-0.4, -0.2) is 40.0 Å². The highest BCUT2D eigenvalue weighted by Crippen LogP contribution is 2.59. The van der Waals surface area contributed by atoms with Crippen LogP contribution < -0.4 is 0 Å². The standard InChI is InChI=1S/C16H23NO2/c1-11-8-15(19)10-13(18)12-4-2-6-17-7-3-5-14(15)16(12,17)9-11/h4,11,14,19H,2-3,5-10H2,1H3/t11-,14-,15-,16+/m0/s1. The van der Waals surface area contributed by atoms with Crippen molar-refractivity contribution in [3.8, 4) is 0 Å². The Bertz CT molecular complexity index is 471. The number of rotatable bonds is 0. The van der Waals surface area contributed by atoms with Crippen LogP contribution >= 0.6 is 0 Å². The van der Waals surface area contributed by atoms with E-state index >= 15 is 0 Å². The number of ketones is 1. The average molecular weight is 261 g/mol. The van der Waals surface area contributed by atoms with Crippen LogP contribution in [0.2, 0.25) is 0 Å². The van der Waals surface area contributed by atoms with Crippen molar-refractivity contribution in [3.63, 3.8) is 0 Å². The van der Waals surface area contributed by atoms with Crippen LogP contribution in [0.25, 0.3) is 0 Å². The van der Waals surface area contributed by atoms with Gasteiger partial charge in [-0.15, -0.1) is 0 Å². The van der Waals surface area contributed by atoms with Crippen molar-refractivity contribution in [1.29, 1.82) is 0 Å². The molecule has 0 aromatic carbocycles. The smallest absolute Gasteiger partial charge is 0.163 e. The van der Waals surface area contributed by atoms with Gasteiger partial charge in [0.25, 0.3) is 0 Å². The van der Waals surface area contributed by atoms with Gasteiger partial charge in [-0.25, -0.2) is 0 Å². The first-order valence-electron chi connectivity index (χ1n) is 7.77. The maximum atomic E-state index is 12.5. The molecule has 3 fully saturated rings. The van der Waals surface area contributed by atoms with Gasteiger partial charge in [0.15, 0.2) is 5.78 Å². The number of nitrogens with zero attached hydrogens (tertiary/aromatic N) is 1. The molecule has 19 heavy (non-hydrogen) atoms. The normalized spacial score (nSPS) is 49.6. The zero-order valence-corrected chi connectivity index (χ0v) is 11.7. The van der Waals surface area contributed by atoms with E-state index < -0.39 is 5.60 Å². The predicted octanol–water partition coefficient (Wildman–Crippen LogP) is 1.90. The lowest BCUT2D eigenvalue weighted by atomic mass is 9.49. The third kappa shape index (κ3) is 1.38. The van der Waals surface area contributed by atoms with Crippen molar-refractivity contribution < 1.29 is 9.90 Å². The quantitative estimate of drug-likeness (QED) is 0.724. The molecule has 3 nitrogen and oxygen atoms in total. The van der Waals surface area contributed by atoms with Crippen molar-refractivity contribution in [2.75, 3.05) is 13.1 Å². The molecule has 2 bridgehead atoms. The number of Topliss-reactive ketones (excluding diaryl/α,β-unsaturated/α-hetero) is 1. The van der Waals surface area contributed by atoms with Crippen LogP contribution in [0.5, 0.6) is 0 Å². The van der Waals surface area contributed by atoms with Crippen LogP contribution in [0.15, 0.2) is 11.6 Å². The number of carbonyl (C=O) groups is 1. The summed E-state index contributed by atoms with van der Waals surface area (Å²) in [7, 11) is 0. The Morgan fingerprint density at radius 3 is 3.05 bits per heavy atom. The largest absolute Gasteiger partial charge is 0.389 e. The molecule has 2 aliphatic carbocycles. The van der Waals surface area contributed by atoms with Crippen LogP contribution in [-0.2, 0) is 4.79 Å². The fraction of sp³-hybridized carbons (Fsp3) is 0.812. The summed E-state index contributed by atoms with van der Waals surface area (Å²) in [6.45, 7) is 4.41. The summed E-state index contributed by atoms with van der Waals surface area (Å²) in [6, 6.07) is 0. The van der Waals surface area contributed by atoms with Gasteiger partial charge in [-0.1, -0.05) is 13.0 Å². The first-order chi connectivity index (χ1) is 9.06. The molecule has 4 aliphatic rings. The Kier molecular flexibility index (Phi) is 2.36. The van der Waals surface area contributed by atoms with E-state index in [4.69, 9.17) is 0 Å². The molecule has 4 rings (SSSR count). The molecule has 2 saturated carbocycles. The third-order valence-corrected chi connectivity index (χ3v) is 6.05. The predicted molar refractivity (Wildman–Crippen MR) is 72.7 cm³/mol. The van der Waals surface area contributed by atoms with Crippen molar-refractivity contribution in [1.82, 2.24) is 4.90 Å². The minimum atomic E-state index is -0.734. The van der Waals surface area contributed by atoms with Gasteiger partial charge in [-0.2, -0.15) is 0 Å². The number of carbonyl (C=O) groups excluding carboxylic acids is 1. The van der Waals surface area contributed by atoms with E-state index in [2.05, 4.69) is 17.9 Å². The monoisotopic (exact) mass is 261 g/mol. The summed E-state index contributed by atoms with van der Waals surface area (Å²) < 4.78 is 0. The first-order valence-corrected chi connectivity index (χ1v) is 7.77. The van der Waals surface area contributed by atoms with E-state index in [1.54, 1.807) is 0 Å². The van der Waals surface area contributed by atoms with Crippen molar-refractivity contribution >= 4 is 5.78 Å². The Morgan fingerprint density at radius 2 is 2.21 bits per heavy atom. The summed E-state index contributed by atoms with van der Waals surface area (Å²) in [6.07, 6.45) is 7.69. The highest BCUT2D eigenvalue weighted by Gasteiger charge is 2.65. The van der Waals surface area contributed by atoms with Crippen molar-refractivity contribution in [3.05, 3.63) is 11.6 Å². The fourth-order valence-electron chi connectivity index (χ4n) is 5.72. The summed E-state index contributed by atoms with van der Waals surface area (Å²) in [5.74, 6) is 1.02. The average Bonchev–Trinajstić information content (AvgIpc) is 2.33. The van der Waals surface area contributed by atoms with Gasteiger partial charge in [0.05, 0.1) is 11.1 Å². The Balaban J connectivity index is 1.92. The molecule has 104 valence electrons. The molecule has 0 unspecified atom stereocenters. The second-order valence-corrected chi connectivity index (χ2v) is 7.23. The molecule has 2 aliphatic heterocycles. The summed E-state index contributed by atoms with van der Waals surface area (Å²) in [4.78, 5) is 15.1. The Morgan fingerprint density at radius 1 is 1.37 bits per heavy atom. The lowest BCUT2D eigenvalue weighted by Gasteiger charge is -2.65. The molecular formula is C16H23NO2. The Hall–Kier alpha value is -0.670. The van der Waals surface area contributed by atoms with Crippen molar-refractivity contribution in [2.24, 2.45) is 11.8 Å². The van der Waals surface area contributed by atoms with Gasteiger partial charge in [0, 0.05) is 24.5 Å². The fourth-order valence-corrected chi connectivity index (χ4v) is 5.72. The molecule has 0 amide bonds. The zero-order valence-electron chi connectivity index (χ0n) is 11.7. The second-order valence-electron chi connectivity index (χ2n) is 7.23. The van der Waals surface area contributed by atoms with E-state index in [9.17, 15) is 9.90 Å². The van der Waals surface area contributed by atoms with Crippen LogP contribution in [0.1, 0.15) is 45.4 Å². The van der Waals surface area contributed by atoms with Gasteiger partial charge >= 0.3 is 0 Å². The van der Waals surface area contributed by atoms with Crippen LogP contribution in [0.3, 0.4) is 0 Å². The van der Waals surface area contributed by atoms with Crippen molar-refractivity contribution in [2.45, 2.75) is 56.6 Å². The maximum absolute atomic E-state index is 12.5. The minimum absolute atomic E-state index is 0.113. The van der Waals surface area contributed by atoms with E-state index in [0.29, 0.717) is 12.3 Å². The third-order valence-electron chi connectivity index (χ3n) is 6.05. The lowest BCUT2D eigenvalue weighted by Crippen LogP contribution is -2.72. The van der Waals surface area contributed by atoms with E-state index in [0.717, 1.165) is 44.3 Å². The molecule has 3 heteroatoms. The van der Waals surface area contributed by atoms with Crippen LogP contribution in [0, 0.1) is 11.8 Å². The number of aliphatic hydroxyl groups is 1. The van der Waals surface area contributed by atoms with E-state index in [1.807, 2.05) is 0 Å². The Labute approximate surface area is 114 Å². The topological polar surface area (TPSA) is 40.5 Å². The molecule has 1 N–H and O–H groups in total. The SMILES string of the molecule is C[C@H]1C[C@]2(O)CC(=O)C3=CCCN4CCC[C@@H]2[C@@]34C1. The number of hydrogen-bond acceptors (Lipinski definition) is 3. The molecule has 1 saturated heterocycles. The second kappa shape index (κ2) is 3.70. The first kappa shape index (κ1) is 12.1. The molecule has 4 atom stereocenters. The molecule has 2 heterocycles. The molecule has 0 aromatic heterocycles. The van der Waals surface area contributed by atoms with E-state index in [1.165, 1.54) is 6.42 Å². The highest BCUT2D eigenvalue weighted by molar-refractivity contribution is 6.00. The molecule has 1 spiro atoms. The highest BCUT2D eigenvalue weighted by atomic mass is 16.3. The summed E-state index contributed by atoms with van der Waals surface area (Å²) in [5.41, 5.74) is 0.208.